The Bertz CT molecular complexity index is 1550. The van der Waals surface area contributed by atoms with E-state index < -0.39 is 17.4 Å². The van der Waals surface area contributed by atoms with Crippen LogP contribution in [-0.4, -0.2) is 32.1 Å². The van der Waals surface area contributed by atoms with Crippen molar-refractivity contribution in [1.29, 1.82) is 0 Å². The Morgan fingerprint density at radius 2 is 1.95 bits per heavy atom. The zero-order chi connectivity index (χ0) is 27.3. The fourth-order valence-electron chi connectivity index (χ4n) is 6.32. The number of pyridine rings is 1. The maximum Gasteiger partial charge on any atom is 0.418 e. The fourth-order valence-corrected chi connectivity index (χ4v) is 6.32. The van der Waals surface area contributed by atoms with Gasteiger partial charge in [0.1, 0.15) is 6.26 Å². The predicted molar refractivity (Wildman–Crippen MR) is 142 cm³/mol. The molecule has 1 saturated carbocycles. The first-order valence-electron chi connectivity index (χ1n) is 13.8. The molecule has 0 amide bonds. The Hall–Kier alpha value is -3.33. The van der Waals surface area contributed by atoms with Crippen molar-refractivity contribution in [1.82, 2.24) is 19.0 Å². The summed E-state index contributed by atoms with van der Waals surface area (Å²) in [6.07, 6.45) is 5.39. The molecule has 1 saturated heterocycles. The molecular weight excluding hydrogens is 505 g/mol. The third-order valence-electron chi connectivity index (χ3n) is 8.48. The summed E-state index contributed by atoms with van der Waals surface area (Å²) in [5, 5.41) is 4.27. The SMILES string of the molecule is Cc1conc1C(c1cccc(-n2cc3c(C(F)(F)F)cc(CN4CCC[C@H](C)C4)cn3c2=O)c1)C1CCC1. The Morgan fingerprint density at radius 1 is 1.13 bits per heavy atom. The quantitative estimate of drug-likeness (QED) is 0.279. The summed E-state index contributed by atoms with van der Waals surface area (Å²) in [5.74, 6) is 0.922. The van der Waals surface area contributed by atoms with Gasteiger partial charge in [0.05, 0.1) is 22.5 Å². The Morgan fingerprint density at radius 3 is 2.62 bits per heavy atom. The molecule has 0 bridgehead atoms. The van der Waals surface area contributed by atoms with Crippen LogP contribution in [0.15, 0.2) is 58.3 Å². The molecule has 6 nitrogen and oxygen atoms in total. The van der Waals surface area contributed by atoms with Crippen molar-refractivity contribution in [2.45, 2.75) is 64.6 Å². The molecule has 2 aliphatic rings. The second kappa shape index (κ2) is 10.0. The summed E-state index contributed by atoms with van der Waals surface area (Å²) >= 11 is 0. The lowest BCUT2D eigenvalue weighted by Gasteiger charge is -2.33. The highest BCUT2D eigenvalue weighted by Gasteiger charge is 2.35. The van der Waals surface area contributed by atoms with Crippen molar-refractivity contribution in [2.75, 3.05) is 13.1 Å². The Kier molecular flexibility index (Phi) is 6.65. The van der Waals surface area contributed by atoms with Crippen LogP contribution in [0.25, 0.3) is 11.2 Å². The average molecular weight is 539 g/mol. The van der Waals surface area contributed by atoms with Gasteiger partial charge in [0.25, 0.3) is 0 Å². The predicted octanol–water partition coefficient (Wildman–Crippen LogP) is 6.57. The summed E-state index contributed by atoms with van der Waals surface area (Å²) in [5.41, 5.74) is 2.40. The number of benzene rings is 1. The Balaban J connectivity index is 1.42. The third-order valence-corrected chi connectivity index (χ3v) is 8.48. The van der Waals surface area contributed by atoms with Crippen LogP contribution in [-0.2, 0) is 12.7 Å². The van der Waals surface area contributed by atoms with Crippen LogP contribution >= 0.6 is 0 Å². The van der Waals surface area contributed by atoms with E-state index in [1.165, 1.54) is 16.8 Å². The number of aryl methyl sites for hydroxylation is 1. The molecule has 9 heteroatoms. The van der Waals surface area contributed by atoms with Crippen molar-refractivity contribution in [3.63, 3.8) is 0 Å². The summed E-state index contributed by atoms with van der Waals surface area (Å²) in [7, 11) is 0. The van der Waals surface area contributed by atoms with E-state index in [-0.39, 0.29) is 11.4 Å². The van der Waals surface area contributed by atoms with Gasteiger partial charge in [0, 0.05) is 37.0 Å². The monoisotopic (exact) mass is 538 g/mol. The van der Waals surface area contributed by atoms with Gasteiger partial charge < -0.3 is 4.52 Å². The van der Waals surface area contributed by atoms with Crippen molar-refractivity contribution in [3.05, 3.63) is 87.4 Å². The van der Waals surface area contributed by atoms with Gasteiger partial charge in [-0.2, -0.15) is 13.2 Å². The van der Waals surface area contributed by atoms with Gasteiger partial charge in [-0.25, -0.2) is 4.79 Å². The molecule has 4 aromatic rings. The minimum atomic E-state index is -4.59. The van der Waals surface area contributed by atoms with Crippen LogP contribution in [0.4, 0.5) is 13.2 Å². The van der Waals surface area contributed by atoms with Gasteiger partial charge in [-0.15, -0.1) is 0 Å². The first-order chi connectivity index (χ1) is 18.7. The molecule has 206 valence electrons. The second-order valence-electron chi connectivity index (χ2n) is 11.4. The Labute approximate surface area is 225 Å². The molecule has 1 unspecified atom stereocenters. The number of hydrogen-bond donors (Lipinski definition) is 0. The van der Waals surface area contributed by atoms with E-state index in [4.69, 9.17) is 4.52 Å². The van der Waals surface area contributed by atoms with Gasteiger partial charge in [-0.1, -0.05) is 30.6 Å². The third kappa shape index (κ3) is 4.93. The number of hydrogen-bond acceptors (Lipinski definition) is 4. The van der Waals surface area contributed by atoms with Crippen molar-refractivity contribution < 1.29 is 17.7 Å². The molecular formula is C30H33F3N4O2. The highest BCUT2D eigenvalue weighted by molar-refractivity contribution is 5.58. The molecule has 0 spiro atoms. The van der Waals surface area contributed by atoms with Crippen LogP contribution in [0.3, 0.4) is 0 Å². The lowest BCUT2D eigenvalue weighted by atomic mass is 9.71. The van der Waals surface area contributed by atoms with Crippen LogP contribution in [0.5, 0.6) is 0 Å². The van der Waals surface area contributed by atoms with Gasteiger partial charge in [0.15, 0.2) is 0 Å². The number of rotatable bonds is 6. The number of imidazole rings is 1. The van der Waals surface area contributed by atoms with E-state index in [2.05, 4.69) is 17.0 Å². The van der Waals surface area contributed by atoms with Crippen LogP contribution < -0.4 is 5.69 Å². The van der Waals surface area contributed by atoms with Gasteiger partial charge in [-0.3, -0.25) is 13.9 Å². The van der Waals surface area contributed by atoms with Crippen molar-refractivity contribution in [3.8, 4) is 5.69 Å². The van der Waals surface area contributed by atoms with E-state index in [1.54, 1.807) is 18.5 Å². The van der Waals surface area contributed by atoms with E-state index in [0.29, 0.717) is 29.6 Å². The number of aromatic nitrogens is 3. The number of alkyl halides is 3. The molecule has 2 fully saturated rings. The fraction of sp³-hybridized carbons (Fsp3) is 0.467. The molecule has 2 atom stereocenters. The van der Waals surface area contributed by atoms with E-state index >= 15 is 0 Å². The second-order valence-corrected chi connectivity index (χ2v) is 11.4. The maximum atomic E-state index is 14.2. The largest absolute Gasteiger partial charge is 0.418 e. The minimum Gasteiger partial charge on any atom is -0.364 e. The lowest BCUT2D eigenvalue weighted by molar-refractivity contribution is -0.136. The molecule has 1 aliphatic carbocycles. The standard InChI is InChI=1S/C30H33F3N4O2/c1-19-6-5-11-35(14-19)15-21-12-25(30(31,32)33)26-17-36(29(38)37(26)16-21)24-10-4-9-23(13-24)27(22-7-3-8-22)28-20(2)18-39-34-28/h4,9-10,12-13,16-19,22,27H,3,5-8,11,14-15H2,1-2H3/t19-,27?/m0/s1. The topological polar surface area (TPSA) is 55.7 Å². The van der Waals surface area contributed by atoms with Crippen molar-refractivity contribution >= 4 is 5.52 Å². The molecule has 0 N–H and O–H groups in total. The summed E-state index contributed by atoms with van der Waals surface area (Å²) in [6.45, 7) is 6.20. The summed E-state index contributed by atoms with van der Waals surface area (Å²) in [4.78, 5) is 15.8. The zero-order valence-corrected chi connectivity index (χ0v) is 22.2. The lowest BCUT2D eigenvalue weighted by Crippen LogP contribution is -2.34. The van der Waals surface area contributed by atoms with Crippen molar-refractivity contribution in [2.24, 2.45) is 11.8 Å². The molecule has 1 aromatic carbocycles. The number of fused-ring (bicyclic) bond motifs is 1. The molecule has 6 rings (SSSR count). The summed E-state index contributed by atoms with van der Waals surface area (Å²) < 4.78 is 50.4. The molecule has 39 heavy (non-hydrogen) atoms. The van der Waals surface area contributed by atoms with Gasteiger partial charge in [-0.05, 0) is 80.3 Å². The number of halogens is 3. The van der Waals surface area contributed by atoms with Gasteiger partial charge in [0.2, 0.25) is 0 Å². The minimum absolute atomic E-state index is 0.00876. The van der Waals surface area contributed by atoms with Gasteiger partial charge >= 0.3 is 11.9 Å². The molecule has 1 aliphatic heterocycles. The van der Waals surface area contributed by atoms with Crippen LogP contribution in [0.1, 0.15) is 72.9 Å². The first kappa shape index (κ1) is 25.9. The van der Waals surface area contributed by atoms with E-state index in [0.717, 1.165) is 66.4 Å². The summed E-state index contributed by atoms with van der Waals surface area (Å²) in [6, 6.07) is 8.73. The average Bonchev–Trinajstić information content (AvgIpc) is 3.43. The van der Waals surface area contributed by atoms with Crippen LogP contribution in [0, 0.1) is 18.8 Å². The van der Waals surface area contributed by atoms with E-state index in [9.17, 15) is 18.0 Å². The molecule has 0 radical (unpaired) electrons. The first-order valence-corrected chi connectivity index (χ1v) is 13.8. The molecule has 4 heterocycles. The smallest absolute Gasteiger partial charge is 0.364 e. The highest BCUT2D eigenvalue weighted by Crippen LogP contribution is 2.44. The highest BCUT2D eigenvalue weighted by atomic mass is 19.4. The normalized spacial score (nSPS) is 19.9. The molecule has 3 aromatic heterocycles. The number of piperidine rings is 1. The zero-order valence-electron chi connectivity index (χ0n) is 22.2. The maximum absolute atomic E-state index is 14.2. The number of likely N-dealkylation sites (tertiary alicyclic amines) is 1. The number of nitrogens with zero attached hydrogens (tertiary/aromatic N) is 4. The van der Waals surface area contributed by atoms with E-state index in [1.807, 2.05) is 25.1 Å². The van der Waals surface area contributed by atoms with Crippen LogP contribution in [0.2, 0.25) is 0 Å².